The first-order chi connectivity index (χ1) is 14.4. The summed E-state index contributed by atoms with van der Waals surface area (Å²) < 4.78 is 16.8. The van der Waals surface area contributed by atoms with Crippen molar-refractivity contribution in [1.29, 1.82) is 0 Å². The summed E-state index contributed by atoms with van der Waals surface area (Å²) in [5.41, 5.74) is 1.34. The molecule has 156 valence electrons. The second-order valence-electron chi connectivity index (χ2n) is 8.44. The molecule has 1 unspecified atom stereocenters. The van der Waals surface area contributed by atoms with Crippen LogP contribution in [0.2, 0.25) is 0 Å². The van der Waals surface area contributed by atoms with Crippen molar-refractivity contribution in [3.63, 3.8) is 0 Å². The summed E-state index contributed by atoms with van der Waals surface area (Å²) in [5.74, 6) is 0.695. The summed E-state index contributed by atoms with van der Waals surface area (Å²) in [4.78, 5) is 1.90. The van der Waals surface area contributed by atoms with E-state index in [0.717, 1.165) is 19.3 Å². The SMILES string of the molecule is CN(c1ccc(-c2ccc(-n3ccnn3)cc2O)nn1)[C@H]1CC2CC[C@@](C)(N2)[C@@H]1F. The standard InChI is InChI=1S/C21H24FN7O/c1-21-8-7-13(24-21)11-17(20(21)22)28(2)19-6-5-16(25-26-19)15-4-3-14(12-18(15)30)29-10-9-23-27-29/h3-6,9-10,12-13,17,20,24,30H,7-8,11H2,1-2H3/t13?,17-,20+,21+/m0/s1. The average Bonchev–Trinajstić information content (AvgIpc) is 3.40. The lowest BCUT2D eigenvalue weighted by atomic mass is 9.86. The molecule has 8 nitrogen and oxygen atoms in total. The molecule has 2 aliphatic rings. The smallest absolute Gasteiger partial charge is 0.151 e. The number of phenols is 1. The number of rotatable bonds is 4. The maximum atomic E-state index is 15.2. The fourth-order valence-electron chi connectivity index (χ4n) is 4.72. The Balaban J connectivity index is 1.37. The highest BCUT2D eigenvalue weighted by Gasteiger charge is 2.51. The van der Waals surface area contributed by atoms with Crippen molar-refractivity contribution in [2.24, 2.45) is 0 Å². The third-order valence-electron chi connectivity index (χ3n) is 6.47. The monoisotopic (exact) mass is 409 g/mol. The number of hydrogen-bond donors (Lipinski definition) is 2. The van der Waals surface area contributed by atoms with E-state index >= 15 is 4.39 Å². The fraction of sp³-hybridized carbons (Fsp3) is 0.429. The maximum absolute atomic E-state index is 15.2. The molecule has 3 aromatic rings. The van der Waals surface area contributed by atoms with E-state index in [4.69, 9.17) is 0 Å². The van der Waals surface area contributed by atoms with Gasteiger partial charge in [0.05, 0.1) is 29.8 Å². The maximum Gasteiger partial charge on any atom is 0.151 e. The van der Waals surface area contributed by atoms with Gasteiger partial charge in [0.1, 0.15) is 11.9 Å². The number of fused-ring (bicyclic) bond motifs is 2. The van der Waals surface area contributed by atoms with Crippen molar-refractivity contribution in [3.05, 3.63) is 42.7 Å². The van der Waals surface area contributed by atoms with Crippen molar-refractivity contribution in [2.45, 2.75) is 50.0 Å². The highest BCUT2D eigenvalue weighted by molar-refractivity contribution is 5.69. The number of halogens is 1. The van der Waals surface area contributed by atoms with Gasteiger partial charge in [0.2, 0.25) is 0 Å². The Morgan fingerprint density at radius 1 is 1.27 bits per heavy atom. The van der Waals surface area contributed by atoms with Gasteiger partial charge in [-0.3, -0.25) is 0 Å². The third-order valence-corrected chi connectivity index (χ3v) is 6.47. The number of anilines is 1. The molecule has 2 bridgehead atoms. The summed E-state index contributed by atoms with van der Waals surface area (Å²) in [6.07, 6.45) is 4.91. The number of alkyl halides is 1. The molecule has 2 aliphatic heterocycles. The van der Waals surface area contributed by atoms with Crippen LogP contribution >= 0.6 is 0 Å². The lowest BCUT2D eigenvalue weighted by molar-refractivity contribution is 0.111. The van der Waals surface area contributed by atoms with Crippen LogP contribution in [-0.4, -0.2) is 61.1 Å². The van der Waals surface area contributed by atoms with Crippen LogP contribution in [0, 0.1) is 0 Å². The summed E-state index contributed by atoms with van der Waals surface area (Å²) in [6, 6.07) is 8.93. The second-order valence-corrected chi connectivity index (χ2v) is 8.44. The van der Waals surface area contributed by atoms with Gasteiger partial charge in [-0.25, -0.2) is 9.07 Å². The van der Waals surface area contributed by atoms with Gasteiger partial charge in [0.15, 0.2) is 5.82 Å². The molecule has 9 heteroatoms. The zero-order valence-corrected chi connectivity index (χ0v) is 16.9. The van der Waals surface area contributed by atoms with E-state index < -0.39 is 11.7 Å². The number of nitrogens with zero attached hydrogens (tertiary/aromatic N) is 6. The molecule has 2 aromatic heterocycles. The quantitative estimate of drug-likeness (QED) is 0.684. The lowest BCUT2D eigenvalue weighted by Crippen LogP contribution is -2.62. The predicted octanol–water partition coefficient (Wildman–Crippen LogP) is 2.49. The molecule has 4 heterocycles. The molecular formula is C21H24FN7O. The van der Waals surface area contributed by atoms with E-state index in [0.29, 0.717) is 28.8 Å². The number of phenolic OH excluding ortho intramolecular Hbond substituents is 1. The van der Waals surface area contributed by atoms with Gasteiger partial charge >= 0.3 is 0 Å². The van der Waals surface area contributed by atoms with Crippen LogP contribution in [0.1, 0.15) is 26.2 Å². The lowest BCUT2D eigenvalue weighted by Gasteiger charge is -2.44. The second kappa shape index (κ2) is 7.02. The Morgan fingerprint density at radius 3 is 2.83 bits per heavy atom. The molecule has 4 atom stereocenters. The van der Waals surface area contributed by atoms with E-state index in [1.165, 1.54) is 0 Å². The Hall–Kier alpha value is -3.07. The molecule has 1 aromatic carbocycles. The minimum absolute atomic E-state index is 0.0741. The van der Waals surface area contributed by atoms with Gasteiger partial charge in [-0.05, 0) is 50.5 Å². The number of hydrogen-bond acceptors (Lipinski definition) is 7. The van der Waals surface area contributed by atoms with Crippen molar-refractivity contribution in [3.8, 4) is 22.7 Å². The van der Waals surface area contributed by atoms with Crippen LogP contribution in [-0.2, 0) is 0 Å². The van der Waals surface area contributed by atoms with E-state index in [1.807, 2.05) is 31.0 Å². The van der Waals surface area contributed by atoms with E-state index in [2.05, 4.69) is 25.8 Å². The summed E-state index contributed by atoms with van der Waals surface area (Å²) in [7, 11) is 1.87. The van der Waals surface area contributed by atoms with Gasteiger partial charge in [0, 0.05) is 30.3 Å². The van der Waals surface area contributed by atoms with Crippen LogP contribution < -0.4 is 10.2 Å². The Bertz CT molecular complexity index is 1040. The van der Waals surface area contributed by atoms with Gasteiger partial charge in [-0.15, -0.1) is 15.3 Å². The fourth-order valence-corrected chi connectivity index (χ4v) is 4.72. The van der Waals surface area contributed by atoms with Gasteiger partial charge in [-0.2, -0.15) is 0 Å². The molecule has 2 N–H and O–H groups in total. The molecule has 2 saturated heterocycles. The number of piperidine rings is 1. The molecule has 2 fully saturated rings. The van der Waals surface area contributed by atoms with Crippen LogP contribution in [0.4, 0.5) is 10.2 Å². The van der Waals surface area contributed by atoms with E-state index in [1.54, 1.807) is 35.3 Å². The van der Waals surface area contributed by atoms with Gasteiger partial charge in [0.25, 0.3) is 0 Å². The number of aromatic nitrogens is 5. The topological polar surface area (TPSA) is 92.0 Å². The normalized spacial score (nSPS) is 27.9. The minimum Gasteiger partial charge on any atom is -0.507 e. The first-order valence-corrected chi connectivity index (χ1v) is 10.1. The molecule has 0 amide bonds. The highest BCUT2D eigenvalue weighted by Crippen LogP contribution is 2.40. The van der Waals surface area contributed by atoms with Gasteiger partial charge in [-0.1, -0.05) is 5.21 Å². The molecule has 0 saturated carbocycles. The first-order valence-electron chi connectivity index (χ1n) is 10.1. The first kappa shape index (κ1) is 18.9. The van der Waals surface area contributed by atoms with Crippen molar-refractivity contribution < 1.29 is 9.50 Å². The van der Waals surface area contributed by atoms with Crippen molar-refractivity contribution >= 4 is 5.82 Å². The molecule has 5 rings (SSSR count). The van der Waals surface area contributed by atoms with Gasteiger partial charge < -0.3 is 15.3 Å². The Morgan fingerprint density at radius 2 is 2.13 bits per heavy atom. The Kier molecular flexibility index (Phi) is 4.43. The molecule has 0 radical (unpaired) electrons. The van der Waals surface area contributed by atoms with E-state index in [9.17, 15) is 5.11 Å². The average molecular weight is 409 g/mol. The van der Waals surface area contributed by atoms with Crippen LogP contribution in [0.25, 0.3) is 16.9 Å². The zero-order valence-electron chi connectivity index (χ0n) is 16.9. The predicted molar refractivity (Wildman–Crippen MR) is 110 cm³/mol. The summed E-state index contributed by atoms with van der Waals surface area (Å²) in [5, 5.41) is 30.2. The largest absolute Gasteiger partial charge is 0.507 e. The highest BCUT2D eigenvalue weighted by atomic mass is 19.1. The van der Waals surface area contributed by atoms with Crippen molar-refractivity contribution in [1.82, 2.24) is 30.5 Å². The van der Waals surface area contributed by atoms with Crippen molar-refractivity contribution in [2.75, 3.05) is 11.9 Å². The third kappa shape index (κ3) is 3.09. The van der Waals surface area contributed by atoms with Crippen LogP contribution in [0.5, 0.6) is 5.75 Å². The van der Waals surface area contributed by atoms with E-state index in [-0.39, 0.29) is 11.8 Å². The molecule has 0 spiro atoms. The molecule has 0 aliphatic carbocycles. The minimum atomic E-state index is -0.976. The number of benzene rings is 1. The zero-order chi connectivity index (χ0) is 20.9. The number of aromatic hydroxyl groups is 1. The van der Waals surface area contributed by atoms with Crippen LogP contribution in [0.15, 0.2) is 42.7 Å². The van der Waals surface area contributed by atoms with Crippen LogP contribution in [0.3, 0.4) is 0 Å². The Labute approximate surface area is 173 Å². The molecule has 30 heavy (non-hydrogen) atoms. The molecular weight excluding hydrogens is 385 g/mol. The number of nitrogens with one attached hydrogen (secondary N) is 1. The summed E-state index contributed by atoms with van der Waals surface area (Å²) >= 11 is 0. The summed E-state index contributed by atoms with van der Waals surface area (Å²) in [6.45, 7) is 1.97.